The second-order valence-electron chi connectivity index (χ2n) is 22.8. The van der Waals surface area contributed by atoms with Crippen LogP contribution in [0.1, 0.15) is 367 Å². The van der Waals surface area contributed by atoms with Crippen LogP contribution in [0.5, 0.6) is 0 Å². The lowest BCUT2D eigenvalue weighted by molar-refractivity contribution is -0.143. The zero-order valence-electron chi connectivity index (χ0n) is 49.4. The average molecular weight is 1030 g/mol. The predicted octanol–water partition coefficient (Wildman–Crippen LogP) is 21.0. The predicted molar refractivity (Wildman–Crippen MR) is 320 cm³/mol. The summed E-state index contributed by atoms with van der Waals surface area (Å²) >= 11 is 0. The molecule has 0 saturated carbocycles. The molecule has 3 N–H and O–H groups in total. The minimum atomic E-state index is -0.662. The minimum absolute atomic E-state index is 0.00730. The molecule has 6 heteroatoms. The summed E-state index contributed by atoms with van der Waals surface area (Å²) in [4.78, 5) is 24.5. The van der Waals surface area contributed by atoms with Crippen molar-refractivity contribution < 1.29 is 24.5 Å². The molecule has 0 fully saturated rings. The van der Waals surface area contributed by atoms with Crippen LogP contribution in [0.15, 0.2) is 24.3 Å². The first kappa shape index (κ1) is 71.3. The first-order valence-corrected chi connectivity index (χ1v) is 33.1. The van der Waals surface area contributed by atoms with Crippen LogP contribution in [0.3, 0.4) is 0 Å². The zero-order valence-corrected chi connectivity index (χ0v) is 49.4. The SMILES string of the molecule is CCCCC/C=C\CCCCCCCC(=O)OCCCCCCCCCCCCCC/C=C\CCCCCCCCCCCCCCCCC(=O)NC(CO)C(O)CCCCCCCCCCCCCCCC. The fourth-order valence-corrected chi connectivity index (χ4v) is 10.4. The number of amides is 1. The molecule has 2 unspecified atom stereocenters. The van der Waals surface area contributed by atoms with E-state index in [-0.39, 0.29) is 18.5 Å². The Balaban J connectivity index is 3.36. The lowest BCUT2D eigenvalue weighted by Crippen LogP contribution is -2.45. The molecule has 0 saturated heterocycles. The van der Waals surface area contributed by atoms with Gasteiger partial charge in [0.25, 0.3) is 0 Å². The maximum atomic E-state index is 12.5. The molecule has 0 heterocycles. The van der Waals surface area contributed by atoms with Crippen LogP contribution < -0.4 is 5.32 Å². The van der Waals surface area contributed by atoms with Crippen LogP contribution in [0, 0.1) is 0 Å². The standard InChI is InChI=1S/C67H129NO5/c1-3-5-7-9-11-13-15-17-36-39-43-47-51-55-59-65(70)64(63-69)68-66(71)60-56-52-48-44-40-37-34-32-30-28-26-24-22-20-18-19-21-23-25-27-29-31-33-35-38-42-46-50-54-58-62-73-67(72)61-57-53-49-45-41-16-14-12-10-8-6-4-2/h12,14,19,21,64-65,69-70H,3-11,13,15-18,20,22-63H2,1-2H3,(H,68,71)/b14-12-,21-19-. The van der Waals surface area contributed by atoms with E-state index in [1.807, 2.05) is 0 Å². The second kappa shape index (κ2) is 62.9. The normalized spacial score (nSPS) is 12.7. The Morgan fingerprint density at radius 2 is 0.644 bits per heavy atom. The zero-order chi connectivity index (χ0) is 52.9. The van der Waals surface area contributed by atoms with Crippen molar-refractivity contribution in [2.75, 3.05) is 13.2 Å². The van der Waals surface area contributed by atoms with Crippen LogP contribution >= 0.6 is 0 Å². The molecular formula is C67H129NO5. The molecule has 0 aliphatic heterocycles. The number of hydrogen-bond acceptors (Lipinski definition) is 5. The number of carbonyl (C=O) groups is 2. The van der Waals surface area contributed by atoms with Gasteiger partial charge in [-0.05, 0) is 77.0 Å². The summed E-state index contributed by atoms with van der Waals surface area (Å²) in [5.41, 5.74) is 0. The lowest BCUT2D eigenvalue weighted by atomic mass is 10.0. The third-order valence-corrected chi connectivity index (χ3v) is 15.5. The number of aliphatic hydroxyl groups excluding tert-OH is 2. The number of carbonyl (C=O) groups excluding carboxylic acids is 2. The van der Waals surface area contributed by atoms with Gasteiger partial charge < -0.3 is 20.3 Å². The van der Waals surface area contributed by atoms with Crippen LogP contribution in [-0.2, 0) is 14.3 Å². The Hall–Kier alpha value is -1.66. The molecule has 2 atom stereocenters. The molecule has 73 heavy (non-hydrogen) atoms. The van der Waals surface area contributed by atoms with Crippen molar-refractivity contribution in [1.82, 2.24) is 5.32 Å². The van der Waals surface area contributed by atoms with Gasteiger partial charge in [0.15, 0.2) is 0 Å². The molecule has 6 nitrogen and oxygen atoms in total. The number of allylic oxidation sites excluding steroid dienone is 4. The van der Waals surface area contributed by atoms with E-state index in [1.54, 1.807) is 0 Å². The Morgan fingerprint density at radius 1 is 0.370 bits per heavy atom. The van der Waals surface area contributed by atoms with E-state index in [9.17, 15) is 19.8 Å². The smallest absolute Gasteiger partial charge is 0.305 e. The molecule has 432 valence electrons. The Labute approximate surface area is 456 Å². The van der Waals surface area contributed by atoms with Crippen LogP contribution in [0.2, 0.25) is 0 Å². The van der Waals surface area contributed by atoms with Crippen molar-refractivity contribution in [2.24, 2.45) is 0 Å². The molecule has 0 aromatic carbocycles. The van der Waals surface area contributed by atoms with Crippen molar-refractivity contribution in [3.8, 4) is 0 Å². The second-order valence-corrected chi connectivity index (χ2v) is 22.8. The molecule has 0 aromatic rings. The number of hydrogen-bond donors (Lipinski definition) is 3. The average Bonchev–Trinajstić information content (AvgIpc) is 3.39. The largest absolute Gasteiger partial charge is 0.466 e. The van der Waals surface area contributed by atoms with Crippen LogP contribution in [-0.4, -0.2) is 47.4 Å². The fourth-order valence-electron chi connectivity index (χ4n) is 10.4. The maximum Gasteiger partial charge on any atom is 0.305 e. The summed E-state index contributed by atoms with van der Waals surface area (Å²) in [6.45, 7) is 4.95. The van der Waals surface area contributed by atoms with Crippen molar-refractivity contribution >= 4 is 11.9 Å². The number of rotatable bonds is 62. The van der Waals surface area contributed by atoms with E-state index in [4.69, 9.17) is 4.74 Å². The summed E-state index contributed by atoms with van der Waals surface area (Å²) in [7, 11) is 0. The maximum absolute atomic E-state index is 12.5. The monoisotopic (exact) mass is 1030 g/mol. The van der Waals surface area contributed by atoms with Gasteiger partial charge in [0, 0.05) is 12.8 Å². The van der Waals surface area contributed by atoms with Gasteiger partial charge in [-0.15, -0.1) is 0 Å². The molecule has 1 amide bonds. The third-order valence-electron chi connectivity index (χ3n) is 15.5. The van der Waals surface area contributed by atoms with Gasteiger partial charge in [-0.25, -0.2) is 0 Å². The molecule has 0 aromatic heterocycles. The Bertz CT molecular complexity index is 1140. The van der Waals surface area contributed by atoms with E-state index in [2.05, 4.69) is 43.5 Å². The number of aliphatic hydroxyl groups is 2. The third kappa shape index (κ3) is 59.4. The number of ether oxygens (including phenoxy) is 1. The molecule has 0 aliphatic rings. The molecule has 0 rings (SSSR count). The quantitative estimate of drug-likeness (QED) is 0.0320. The topological polar surface area (TPSA) is 95.9 Å². The van der Waals surface area contributed by atoms with Crippen LogP contribution in [0.4, 0.5) is 0 Å². The molecule has 0 radical (unpaired) electrons. The Kier molecular flexibility index (Phi) is 61.4. The summed E-state index contributed by atoms with van der Waals surface area (Å²) in [6.07, 6.45) is 77.8. The minimum Gasteiger partial charge on any atom is -0.466 e. The first-order chi connectivity index (χ1) is 36.0. The van der Waals surface area contributed by atoms with E-state index >= 15 is 0 Å². The highest BCUT2D eigenvalue weighted by Gasteiger charge is 2.20. The van der Waals surface area contributed by atoms with Crippen molar-refractivity contribution in [3.63, 3.8) is 0 Å². The highest BCUT2D eigenvalue weighted by Crippen LogP contribution is 2.18. The molecule has 0 spiro atoms. The molecular weight excluding hydrogens is 899 g/mol. The highest BCUT2D eigenvalue weighted by molar-refractivity contribution is 5.76. The van der Waals surface area contributed by atoms with E-state index < -0.39 is 12.1 Å². The highest BCUT2D eigenvalue weighted by atomic mass is 16.5. The molecule has 0 bridgehead atoms. The lowest BCUT2D eigenvalue weighted by Gasteiger charge is -2.22. The summed E-state index contributed by atoms with van der Waals surface area (Å²) in [5.74, 6) is -0.0241. The van der Waals surface area contributed by atoms with Crippen LogP contribution in [0.25, 0.3) is 0 Å². The van der Waals surface area contributed by atoms with Gasteiger partial charge in [-0.2, -0.15) is 0 Å². The van der Waals surface area contributed by atoms with Crippen molar-refractivity contribution in [3.05, 3.63) is 24.3 Å². The number of esters is 1. The fraction of sp³-hybridized carbons (Fsp3) is 0.910. The van der Waals surface area contributed by atoms with Gasteiger partial charge >= 0.3 is 5.97 Å². The summed E-state index contributed by atoms with van der Waals surface area (Å²) in [5, 5.41) is 23.3. The first-order valence-electron chi connectivity index (χ1n) is 33.1. The molecule has 0 aliphatic carbocycles. The summed E-state index contributed by atoms with van der Waals surface area (Å²) in [6, 6.07) is -0.539. The Morgan fingerprint density at radius 3 is 1.00 bits per heavy atom. The summed E-state index contributed by atoms with van der Waals surface area (Å²) < 4.78 is 5.47. The van der Waals surface area contributed by atoms with E-state index in [1.165, 1.54) is 289 Å². The van der Waals surface area contributed by atoms with Gasteiger partial charge in [-0.3, -0.25) is 9.59 Å². The number of nitrogens with one attached hydrogen (secondary N) is 1. The number of unbranched alkanes of at least 4 members (excludes halogenated alkanes) is 47. The van der Waals surface area contributed by atoms with E-state index in [0.29, 0.717) is 25.9 Å². The van der Waals surface area contributed by atoms with Crippen molar-refractivity contribution in [1.29, 1.82) is 0 Å². The van der Waals surface area contributed by atoms with Gasteiger partial charge in [0.1, 0.15) is 0 Å². The van der Waals surface area contributed by atoms with E-state index in [0.717, 1.165) is 44.9 Å². The van der Waals surface area contributed by atoms with Gasteiger partial charge in [-0.1, -0.05) is 301 Å². The van der Waals surface area contributed by atoms with Crippen molar-refractivity contribution in [2.45, 2.75) is 379 Å². The van der Waals surface area contributed by atoms with Gasteiger partial charge in [0.2, 0.25) is 5.91 Å². The van der Waals surface area contributed by atoms with Gasteiger partial charge in [0.05, 0.1) is 25.4 Å².